The first-order valence-electron chi connectivity index (χ1n) is 8.91. The summed E-state index contributed by atoms with van der Waals surface area (Å²) in [5.74, 6) is 0.942. The maximum Gasteiger partial charge on any atom is 0.225 e. The Morgan fingerprint density at radius 1 is 1.23 bits per heavy atom. The van der Waals surface area contributed by atoms with Crippen LogP contribution in [0.4, 0.5) is 0 Å². The summed E-state index contributed by atoms with van der Waals surface area (Å²) in [4.78, 5) is 26.3. The first-order valence-corrected chi connectivity index (χ1v) is 8.91. The number of carbonyl (C=O) groups is 2. The highest BCUT2D eigenvalue weighted by Crippen LogP contribution is 2.27. The van der Waals surface area contributed by atoms with Gasteiger partial charge in [0.05, 0.1) is 0 Å². The van der Waals surface area contributed by atoms with E-state index in [-0.39, 0.29) is 17.9 Å². The van der Waals surface area contributed by atoms with Gasteiger partial charge in [-0.3, -0.25) is 9.59 Å². The van der Waals surface area contributed by atoms with Crippen molar-refractivity contribution in [2.45, 2.75) is 64.3 Å². The zero-order valence-electron chi connectivity index (χ0n) is 13.9. The number of piperidine rings is 1. The van der Waals surface area contributed by atoms with Crippen LogP contribution in [0.25, 0.3) is 0 Å². The van der Waals surface area contributed by atoms with Gasteiger partial charge in [0.2, 0.25) is 11.8 Å². The topological polar surface area (TPSA) is 75.4 Å². The molecule has 3 N–H and O–H groups in total. The minimum Gasteiger partial charge on any atom is -0.356 e. The molecule has 5 heteroatoms. The SMILES string of the molecule is CCCC(=O)NCC1CCCN(C(=O)C2CCCC(N)C2)C1. The first-order chi connectivity index (χ1) is 10.6. The van der Waals surface area contributed by atoms with Crippen molar-refractivity contribution in [3.63, 3.8) is 0 Å². The van der Waals surface area contributed by atoms with Gasteiger partial charge in [0, 0.05) is 38.0 Å². The second kappa shape index (κ2) is 8.51. The van der Waals surface area contributed by atoms with E-state index in [1.165, 1.54) is 0 Å². The van der Waals surface area contributed by atoms with Crippen LogP contribution in [0, 0.1) is 11.8 Å². The Kier molecular flexibility index (Phi) is 6.68. The number of amides is 2. The average molecular weight is 309 g/mol. The molecule has 0 bridgehead atoms. The van der Waals surface area contributed by atoms with Gasteiger partial charge >= 0.3 is 0 Å². The first kappa shape index (κ1) is 17.3. The van der Waals surface area contributed by atoms with E-state index in [0.29, 0.717) is 24.8 Å². The molecule has 3 atom stereocenters. The highest BCUT2D eigenvalue weighted by Gasteiger charge is 2.31. The molecule has 0 spiro atoms. The van der Waals surface area contributed by atoms with Gasteiger partial charge in [0.1, 0.15) is 0 Å². The maximum absolute atomic E-state index is 12.7. The predicted molar refractivity (Wildman–Crippen MR) is 87.2 cm³/mol. The van der Waals surface area contributed by atoms with E-state index < -0.39 is 0 Å². The van der Waals surface area contributed by atoms with E-state index in [2.05, 4.69) is 5.32 Å². The Morgan fingerprint density at radius 3 is 2.77 bits per heavy atom. The fraction of sp³-hybridized carbons (Fsp3) is 0.882. The summed E-state index contributed by atoms with van der Waals surface area (Å²) in [6.45, 7) is 4.36. The minimum absolute atomic E-state index is 0.122. The molecule has 2 fully saturated rings. The molecular formula is C17H31N3O2. The van der Waals surface area contributed by atoms with Gasteiger partial charge < -0.3 is 16.0 Å². The Morgan fingerprint density at radius 2 is 2.05 bits per heavy atom. The zero-order chi connectivity index (χ0) is 15.9. The summed E-state index contributed by atoms with van der Waals surface area (Å²) in [6, 6.07) is 0.191. The van der Waals surface area contributed by atoms with Crippen molar-refractivity contribution in [1.82, 2.24) is 10.2 Å². The highest BCUT2D eigenvalue weighted by molar-refractivity contribution is 5.79. The number of rotatable bonds is 5. The third-order valence-corrected chi connectivity index (χ3v) is 4.96. The van der Waals surface area contributed by atoms with E-state index in [0.717, 1.165) is 58.0 Å². The predicted octanol–water partition coefficient (Wildman–Crippen LogP) is 1.66. The molecule has 0 radical (unpaired) electrons. The van der Waals surface area contributed by atoms with Gasteiger partial charge in [-0.25, -0.2) is 0 Å². The van der Waals surface area contributed by atoms with Crippen LogP contribution >= 0.6 is 0 Å². The zero-order valence-corrected chi connectivity index (χ0v) is 13.9. The number of hydrogen-bond donors (Lipinski definition) is 2. The molecule has 22 heavy (non-hydrogen) atoms. The van der Waals surface area contributed by atoms with Gasteiger partial charge in [0.15, 0.2) is 0 Å². The van der Waals surface area contributed by atoms with Crippen molar-refractivity contribution in [3.05, 3.63) is 0 Å². The lowest BCUT2D eigenvalue weighted by molar-refractivity contribution is -0.138. The number of nitrogens with one attached hydrogen (secondary N) is 1. The van der Waals surface area contributed by atoms with Crippen molar-refractivity contribution < 1.29 is 9.59 Å². The molecule has 2 amide bonds. The standard InChI is InChI=1S/C17H31N3O2/c1-2-5-16(21)19-11-13-6-4-9-20(12-13)17(22)14-7-3-8-15(18)10-14/h13-15H,2-12,18H2,1H3,(H,19,21). The Bertz CT molecular complexity index is 386. The molecule has 1 saturated heterocycles. The number of carbonyl (C=O) groups excluding carboxylic acids is 2. The summed E-state index contributed by atoms with van der Waals surface area (Å²) < 4.78 is 0. The van der Waals surface area contributed by atoms with Gasteiger partial charge in [-0.2, -0.15) is 0 Å². The molecule has 126 valence electrons. The number of nitrogens with zero attached hydrogens (tertiary/aromatic N) is 1. The third kappa shape index (κ3) is 4.97. The minimum atomic E-state index is 0.122. The molecule has 1 heterocycles. The van der Waals surface area contributed by atoms with Crippen molar-refractivity contribution in [2.75, 3.05) is 19.6 Å². The highest BCUT2D eigenvalue weighted by atomic mass is 16.2. The second-order valence-corrected chi connectivity index (χ2v) is 6.97. The van der Waals surface area contributed by atoms with Crippen LogP contribution in [-0.2, 0) is 9.59 Å². The van der Waals surface area contributed by atoms with Gasteiger partial charge in [-0.1, -0.05) is 13.3 Å². The van der Waals surface area contributed by atoms with E-state index in [1.54, 1.807) is 0 Å². The van der Waals surface area contributed by atoms with Crippen molar-refractivity contribution in [1.29, 1.82) is 0 Å². The van der Waals surface area contributed by atoms with Crippen molar-refractivity contribution in [3.8, 4) is 0 Å². The smallest absolute Gasteiger partial charge is 0.225 e. The number of likely N-dealkylation sites (tertiary alicyclic amines) is 1. The van der Waals surface area contributed by atoms with E-state index >= 15 is 0 Å². The van der Waals surface area contributed by atoms with Crippen LogP contribution in [0.1, 0.15) is 58.3 Å². The summed E-state index contributed by atoms with van der Waals surface area (Å²) >= 11 is 0. The lowest BCUT2D eigenvalue weighted by Crippen LogP contribution is -2.47. The molecule has 2 aliphatic rings. The van der Waals surface area contributed by atoms with Crippen LogP contribution in [0.5, 0.6) is 0 Å². The van der Waals surface area contributed by atoms with Crippen LogP contribution in [0.3, 0.4) is 0 Å². The largest absolute Gasteiger partial charge is 0.356 e. The average Bonchev–Trinajstić information content (AvgIpc) is 2.53. The van der Waals surface area contributed by atoms with Gasteiger partial charge in [-0.05, 0) is 44.4 Å². The Labute approximate surface area is 134 Å². The Hall–Kier alpha value is -1.10. The van der Waals surface area contributed by atoms with Crippen LogP contribution < -0.4 is 11.1 Å². The van der Waals surface area contributed by atoms with E-state index in [1.807, 2.05) is 11.8 Å². The summed E-state index contributed by atoms with van der Waals surface area (Å²) in [6.07, 6.45) is 7.56. The fourth-order valence-corrected chi connectivity index (χ4v) is 3.72. The van der Waals surface area contributed by atoms with Crippen molar-refractivity contribution in [2.24, 2.45) is 17.6 Å². The van der Waals surface area contributed by atoms with Gasteiger partial charge in [0.25, 0.3) is 0 Å². The molecule has 1 aliphatic carbocycles. The monoisotopic (exact) mass is 309 g/mol. The Balaban J connectivity index is 1.79. The van der Waals surface area contributed by atoms with Crippen LogP contribution in [0.15, 0.2) is 0 Å². The molecule has 5 nitrogen and oxygen atoms in total. The van der Waals surface area contributed by atoms with Gasteiger partial charge in [-0.15, -0.1) is 0 Å². The van der Waals surface area contributed by atoms with Crippen molar-refractivity contribution >= 4 is 11.8 Å². The van der Waals surface area contributed by atoms with E-state index in [9.17, 15) is 9.59 Å². The maximum atomic E-state index is 12.7. The second-order valence-electron chi connectivity index (χ2n) is 6.97. The molecule has 1 saturated carbocycles. The molecule has 2 rings (SSSR count). The lowest BCUT2D eigenvalue weighted by atomic mass is 9.84. The van der Waals surface area contributed by atoms with Crippen LogP contribution in [0.2, 0.25) is 0 Å². The number of hydrogen-bond acceptors (Lipinski definition) is 3. The fourth-order valence-electron chi connectivity index (χ4n) is 3.72. The summed E-state index contributed by atoms with van der Waals surface area (Å²) in [5.41, 5.74) is 6.01. The summed E-state index contributed by atoms with van der Waals surface area (Å²) in [5, 5.41) is 3.00. The molecule has 3 unspecified atom stereocenters. The normalized spacial score (nSPS) is 29.2. The lowest BCUT2D eigenvalue weighted by Gasteiger charge is -2.36. The summed E-state index contributed by atoms with van der Waals surface area (Å²) in [7, 11) is 0. The molecule has 1 aliphatic heterocycles. The molecule has 0 aromatic carbocycles. The van der Waals surface area contributed by atoms with Crippen LogP contribution in [-0.4, -0.2) is 42.4 Å². The molecule has 0 aromatic rings. The molecular weight excluding hydrogens is 278 g/mol. The number of nitrogens with two attached hydrogens (primary N) is 1. The molecule has 0 aromatic heterocycles. The quantitative estimate of drug-likeness (QED) is 0.811. The van der Waals surface area contributed by atoms with E-state index in [4.69, 9.17) is 5.73 Å². The third-order valence-electron chi connectivity index (χ3n) is 4.96.